The molecule has 0 saturated heterocycles. The molecule has 1 heterocycles. The molecule has 3 nitrogen and oxygen atoms in total. The first kappa shape index (κ1) is 20.9. The van der Waals surface area contributed by atoms with Crippen molar-refractivity contribution in [3.8, 4) is 11.5 Å². The zero-order chi connectivity index (χ0) is 22.2. The molecular formula is C28H28O3. The molecule has 0 bridgehead atoms. The largest absolute Gasteiger partial charge is 0.489 e. The highest BCUT2D eigenvalue weighted by Crippen LogP contribution is 2.35. The Morgan fingerprint density at radius 3 is 2.39 bits per heavy atom. The Balaban J connectivity index is 1.50. The van der Waals surface area contributed by atoms with Crippen molar-refractivity contribution in [3.63, 3.8) is 0 Å². The molecule has 1 aliphatic heterocycles. The Labute approximate surface area is 184 Å². The lowest BCUT2D eigenvalue weighted by atomic mass is 9.86. The van der Waals surface area contributed by atoms with Gasteiger partial charge in [0.15, 0.2) is 5.76 Å². The van der Waals surface area contributed by atoms with E-state index in [1.54, 1.807) is 18.2 Å². The predicted molar refractivity (Wildman–Crippen MR) is 125 cm³/mol. The summed E-state index contributed by atoms with van der Waals surface area (Å²) >= 11 is 0. The summed E-state index contributed by atoms with van der Waals surface area (Å²) in [7, 11) is 0. The Kier molecular flexibility index (Phi) is 5.45. The second-order valence-electron chi connectivity index (χ2n) is 9.19. The number of allylic oxidation sites excluding steroid dienone is 1. The Hall–Kier alpha value is -3.33. The normalized spacial score (nSPS) is 14.5. The van der Waals surface area contributed by atoms with Crippen LogP contribution in [0.4, 0.5) is 0 Å². The number of hydrogen-bond acceptors (Lipinski definition) is 3. The van der Waals surface area contributed by atoms with E-state index in [-0.39, 0.29) is 11.2 Å². The number of carbonyl (C=O) groups excluding carboxylic acids is 1. The van der Waals surface area contributed by atoms with Gasteiger partial charge in [-0.25, -0.2) is 0 Å². The van der Waals surface area contributed by atoms with Crippen LogP contribution in [0.25, 0.3) is 6.08 Å². The zero-order valence-electron chi connectivity index (χ0n) is 18.8. The molecule has 3 heteroatoms. The monoisotopic (exact) mass is 412 g/mol. The maximum Gasteiger partial charge on any atom is 0.231 e. The third kappa shape index (κ3) is 4.56. The predicted octanol–water partition coefficient (Wildman–Crippen LogP) is 6.80. The lowest BCUT2D eigenvalue weighted by molar-refractivity contribution is 0.101. The summed E-state index contributed by atoms with van der Waals surface area (Å²) in [4.78, 5) is 12.8. The number of carbonyl (C=O) groups is 1. The first-order chi connectivity index (χ1) is 14.7. The third-order valence-electron chi connectivity index (χ3n) is 5.61. The van der Waals surface area contributed by atoms with Crippen LogP contribution in [0.15, 0.2) is 66.4 Å². The quantitative estimate of drug-likeness (QED) is 0.442. The van der Waals surface area contributed by atoms with Gasteiger partial charge in [0.2, 0.25) is 5.78 Å². The van der Waals surface area contributed by atoms with Crippen LogP contribution in [-0.2, 0) is 12.0 Å². The highest BCUT2D eigenvalue weighted by Gasteiger charge is 2.27. The number of hydrogen-bond donors (Lipinski definition) is 0. The number of Topliss-reactive ketones (excluding diaryl/α,β-unsaturated/α-hetero) is 1. The molecule has 0 fully saturated rings. The van der Waals surface area contributed by atoms with Crippen molar-refractivity contribution in [1.29, 1.82) is 0 Å². The zero-order valence-corrected chi connectivity index (χ0v) is 18.8. The molecule has 0 aliphatic carbocycles. The summed E-state index contributed by atoms with van der Waals surface area (Å²) < 4.78 is 11.9. The van der Waals surface area contributed by atoms with Gasteiger partial charge in [-0.3, -0.25) is 4.79 Å². The van der Waals surface area contributed by atoms with Gasteiger partial charge in [0.1, 0.15) is 18.1 Å². The fourth-order valence-corrected chi connectivity index (χ4v) is 3.60. The molecule has 0 unspecified atom stereocenters. The fraction of sp³-hybridized carbons (Fsp3) is 0.250. The van der Waals surface area contributed by atoms with E-state index in [0.717, 1.165) is 11.1 Å². The van der Waals surface area contributed by atoms with E-state index in [1.165, 1.54) is 16.7 Å². The molecule has 158 valence electrons. The molecule has 0 spiro atoms. The molecule has 4 rings (SSSR count). The minimum absolute atomic E-state index is 0.0922. The molecule has 0 radical (unpaired) electrons. The van der Waals surface area contributed by atoms with Gasteiger partial charge in [-0.2, -0.15) is 0 Å². The number of benzene rings is 3. The Bertz CT molecular complexity index is 1160. The van der Waals surface area contributed by atoms with Gasteiger partial charge in [-0.15, -0.1) is 0 Å². The highest BCUT2D eigenvalue weighted by atomic mass is 16.5. The number of aryl methyl sites for hydroxylation is 2. The lowest BCUT2D eigenvalue weighted by Gasteiger charge is -2.18. The van der Waals surface area contributed by atoms with E-state index in [9.17, 15) is 4.79 Å². The minimum Gasteiger partial charge on any atom is -0.489 e. The van der Waals surface area contributed by atoms with Crippen LogP contribution in [0, 0.1) is 13.8 Å². The van der Waals surface area contributed by atoms with Crippen molar-refractivity contribution in [2.24, 2.45) is 0 Å². The van der Waals surface area contributed by atoms with E-state index in [2.05, 4.69) is 65.0 Å². The van der Waals surface area contributed by atoms with Gasteiger partial charge < -0.3 is 9.47 Å². The number of ether oxygens (including phenoxy) is 2. The second kappa shape index (κ2) is 8.07. The van der Waals surface area contributed by atoms with E-state index in [4.69, 9.17) is 9.47 Å². The standard InChI is InChI=1S/C28H28O3/c1-18-6-7-19(2)21(14-18)17-30-23-12-13-24-25(16-23)31-26(27(24)29)15-20-8-10-22(11-9-20)28(3,4)5/h6-16H,17H2,1-5H3/b26-15+. The van der Waals surface area contributed by atoms with Crippen molar-refractivity contribution in [2.45, 2.75) is 46.6 Å². The molecule has 0 aromatic heterocycles. The van der Waals surface area contributed by atoms with Crippen LogP contribution in [0.3, 0.4) is 0 Å². The SMILES string of the molecule is Cc1ccc(C)c(COc2ccc3c(c2)O/C(=C/c2ccc(C(C)(C)C)cc2)C3=O)c1. The molecule has 0 N–H and O–H groups in total. The van der Waals surface area contributed by atoms with Gasteiger partial charge in [-0.05, 0) is 59.7 Å². The summed E-state index contributed by atoms with van der Waals surface area (Å²) in [5.41, 5.74) is 6.40. The van der Waals surface area contributed by atoms with Crippen LogP contribution in [0.1, 0.15) is 58.9 Å². The highest BCUT2D eigenvalue weighted by molar-refractivity contribution is 6.14. The van der Waals surface area contributed by atoms with Crippen molar-refractivity contribution in [1.82, 2.24) is 0 Å². The van der Waals surface area contributed by atoms with Gasteiger partial charge in [0.25, 0.3) is 0 Å². The van der Waals surface area contributed by atoms with Crippen molar-refractivity contribution in [3.05, 3.63) is 99.8 Å². The Morgan fingerprint density at radius 2 is 1.68 bits per heavy atom. The summed E-state index contributed by atoms with van der Waals surface area (Å²) in [5.74, 6) is 1.46. The topological polar surface area (TPSA) is 35.5 Å². The average molecular weight is 413 g/mol. The lowest BCUT2D eigenvalue weighted by Crippen LogP contribution is -2.10. The van der Waals surface area contributed by atoms with Gasteiger partial charge >= 0.3 is 0 Å². The van der Waals surface area contributed by atoms with Crippen LogP contribution in [-0.4, -0.2) is 5.78 Å². The maximum atomic E-state index is 12.8. The molecular weight excluding hydrogens is 384 g/mol. The van der Waals surface area contributed by atoms with Crippen molar-refractivity contribution in [2.75, 3.05) is 0 Å². The number of fused-ring (bicyclic) bond motifs is 1. The first-order valence-corrected chi connectivity index (χ1v) is 10.6. The third-order valence-corrected chi connectivity index (χ3v) is 5.61. The first-order valence-electron chi connectivity index (χ1n) is 10.6. The molecule has 0 atom stereocenters. The van der Waals surface area contributed by atoms with Crippen LogP contribution < -0.4 is 9.47 Å². The number of ketones is 1. The molecule has 0 saturated carbocycles. The van der Waals surface area contributed by atoms with Crippen molar-refractivity contribution >= 4 is 11.9 Å². The van der Waals surface area contributed by atoms with Crippen LogP contribution >= 0.6 is 0 Å². The van der Waals surface area contributed by atoms with E-state index < -0.39 is 0 Å². The Morgan fingerprint density at radius 1 is 0.935 bits per heavy atom. The van der Waals surface area contributed by atoms with Crippen LogP contribution in [0.5, 0.6) is 11.5 Å². The average Bonchev–Trinajstić information content (AvgIpc) is 3.03. The second-order valence-corrected chi connectivity index (χ2v) is 9.19. The summed E-state index contributed by atoms with van der Waals surface area (Å²) in [6.07, 6.45) is 1.80. The molecule has 0 amide bonds. The van der Waals surface area contributed by atoms with Crippen LogP contribution in [0.2, 0.25) is 0 Å². The molecule has 1 aliphatic rings. The number of rotatable bonds is 4. The van der Waals surface area contributed by atoms with Gasteiger partial charge in [-0.1, -0.05) is 68.8 Å². The van der Waals surface area contributed by atoms with E-state index >= 15 is 0 Å². The minimum atomic E-state index is -0.101. The van der Waals surface area contributed by atoms with E-state index in [1.807, 2.05) is 18.2 Å². The smallest absolute Gasteiger partial charge is 0.231 e. The summed E-state index contributed by atoms with van der Waals surface area (Å²) in [5, 5.41) is 0. The fourth-order valence-electron chi connectivity index (χ4n) is 3.60. The van der Waals surface area contributed by atoms with E-state index in [0.29, 0.717) is 29.4 Å². The van der Waals surface area contributed by atoms with Gasteiger partial charge in [0.05, 0.1) is 5.56 Å². The maximum absolute atomic E-state index is 12.8. The van der Waals surface area contributed by atoms with Crippen molar-refractivity contribution < 1.29 is 14.3 Å². The molecule has 3 aromatic carbocycles. The summed E-state index contributed by atoms with van der Waals surface area (Å²) in [6, 6.07) is 20.0. The molecule has 31 heavy (non-hydrogen) atoms. The molecule has 3 aromatic rings. The summed E-state index contributed by atoms with van der Waals surface area (Å²) in [6.45, 7) is 11.2. The van der Waals surface area contributed by atoms with Gasteiger partial charge in [0, 0.05) is 6.07 Å².